The fraction of sp³-hybridized carbons (Fsp3) is 0.250. The van der Waals surface area contributed by atoms with Crippen LogP contribution in [0, 0.1) is 0 Å². The number of hydrogen-bond donors (Lipinski definition) is 0. The smallest absolute Gasteiger partial charge is 0.307 e. The van der Waals surface area contributed by atoms with Gasteiger partial charge in [-0.2, -0.15) is 0 Å². The average molecular weight is 353 g/mol. The molecule has 0 aromatic heterocycles. The minimum atomic E-state index is -0.443. The highest BCUT2D eigenvalue weighted by Crippen LogP contribution is 2.22. The van der Waals surface area contributed by atoms with Gasteiger partial charge in [0.1, 0.15) is 5.75 Å². The lowest BCUT2D eigenvalue weighted by atomic mass is 10.1. The van der Waals surface area contributed by atoms with Gasteiger partial charge in [0.05, 0.1) is 30.8 Å². The van der Waals surface area contributed by atoms with Crippen LogP contribution in [0.4, 0.5) is 0 Å². The van der Waals surface area contributed by atoms with Crippen LogP contribution in [-0.2, 0) is 9.53 Å². The number of hydrogen-bond acceptors (Lipinski definition) is 5. The molecule has 134 valence electrons. The number of esters is 1. The first-order chi connectivity index (χ1) is 12.7. The maximum absolute atomic E-state index is 12.2. The molecule has 2 amide bonds. The van der Waals surface area contributed by atoms with Gasteiger partial charge in [-0.15, -0.1) is 0 Å². The first kappa shape index (κ1) is 17.7. The quantitative estimate of drug-likeness (QED) is 0.414. The van der Waals surface area contributed by atoms with E-state index in [2.05, 4.69) is 0 Å². The molecule has 2 aromatic rings. The van der Waals surface area contributed by atoms with Crippen molar-refractivity contribution in [2.75, 3.05) is 19.8 Å². The van der Waals surface area contributed by atoms with E-state index in [0.29, 0.717) is 24.2 Å². The molecule has 0 radical (unpaired) electrons. The van der Waals surface area contributed by atoms with Crippen molar-refractivity contribution in [3.63, 3.8) is 0 Å². The normalized spacial score (nSPS) is 12.8. The third kappa shape index (κ3) is 4.08. The third-order valence-corrected chi connectivity index (χ3v) is 3.98. The highest BCUT2D eigenvalue weighted by atomic mass is 16.5. The Balaban J connectivity index is 1.36. The Morgan fingerprint density at radius 3 is 2.12 bits per heavy atom. The molecule has 0 bridgehead atoms. The summed E-state index contributed by atoms with van der Waals surface area (Å²) in [4.78, 5) is 37.3. The molecule has 2 aromatic carbocycles. The van der Waals surface area contributed by atoms with Crippen molar-refractivity contribution < 1.29 is 23.9 Å². The zero-order valence-electron chi connectivity index (χ0n) is 14.2. The van der Waals surface area contributed by atoms with Gasteiger partial charge in [0, 0.05) is 13.0 Å². The molecular weight excluding hydrogens is 334 g/mol. The Kier molecular flexibility index (Phi) is 5.63. The molecule has 0 spiro atoms. The molecule has 26 heavy (non-hydrogen) atoms. The number of imide groups is 1. The van der Waals surface area contributed by atoms with Gasteiger partial charge in [-0.25, -0.2) is 0 Å². The largest absolute Gasteiger partial charge is 0.493 e. The van der Waals surface area contributed by atoms with Gasteiger partial charge in [-0.1, -0.05) is 30.3 Å². The van der Waals surface area contributed by atoms with E-state index in [1.807, 2.05) is 30.3 Å². The number of fused-ring (bicyclic) bond motifs is 1. The summed E-state index contributed by atoms with van der Waals surface area (Å²) in [6.45, 7) is 0.690. The Morgan fingerprint density at radius 2 is 1.46 bits per heavy atom. The number of benzene rings is 2. The number of rotatable bonds is 8. The summed E-state index contributed by atoms with van der Waals surface area (Å²) < 4.78 is 10.6. The lowest BCUT2D eigenvalue weighted by Gasteiger charge is -2.13. The number of carbonyl (C=O) groups excluding carboxylic acids is 3. The second-order valence-electron chi connectivity index (χ2n) is 5.79. The summed E-state index contributed by atoms with van der Waals surface area (Å²) >= 11 is 0. The predicted octanol–water partition coefficient (Wildman–Crippen LogP) is 2.69. The van der Waals surface area contributed by atoms with E-state index in [-0.39, 0.29) is 31.4 Å². The molecule has 0 atom stereocenters. The van der Waals surface area contributed by atoms with Gasteiger partial charge in [0.25, 0.3) is 11.8 Å². The van der Waals surface area contributed by atoms with Crippen LogP contribution in [0.3, 0.4) is 0 Å². The number of ether oxygens (including phenoxy) is 2. The van der Waals surface area contributed by atoms with Crippen molar-refractivity contribution in [3.05, 3.63) is 65.7 Å². The summed E-state index contributed by atoms with van der Waals surface area (Å²) in [5.41, 5.74) is 0.757. The number of nitrogens with zero attached hydrogens (tertiary/aromatic N) is 1. The van der Waals surface area contributed by atoms with Gasteiger partial charge in [-0.05, 0) is 24.3 Å². The summed E-state index contributed by atoms with van der Waals surface area (Å²) in [7, 11) is 0. The van der Waals surface area contributed by atoms with Crippen LogP contribution in [-0.4, -0.2) is 42.4 Å². The lowest BCUT2D eigenvalue weighted by Crippen LogP contribution is -2.32. The fourth-order valence-electron chi connectivity index (χ4n) is 2.67. The maximum Gasteiger partial charge on any atom is 0.307 e. The molecule has 1 aliphatic rings. The number of carbonyl (C=O) groups is 3. The van der Waals surface area contributed by atoms with Crippen LogP contribution in [0.2, 0.25) is 0 Å². The first-order valence-corrected chi connectivity index (χ1v) is 8.45. The van der Waals surface area contributed by atoms with E-state index in [4.69, 9.17) is 9.47 Å². The summed E-state index contributed by atoms with van der Waals surface area (Å²) in [5, 5.41) is 0. The molecule has 0 fully saturated rings. The Labute approximate surface area is 151 Å². The minimum absolute atomic E-state index is 0.0195. The van der Waals surface area contributed by atoms with Crippen molar-refractivity contribution in [1.29, 1.82) is 0 Å². The molecule has 3 rings (SSSR count). The summed E-state index contributed by atoms with van der Waals surface area (Å²) in [6, 6.07) is 16.0. The number of para-hydroxylation sites is 1. The minimum Gasteiger partial charge on any atom is -0.493 e. The molecule has 0 saturated heterocycles. The van der Waals surface area contributed by atoms with Gasteiger partial charge in [0.2, 0.25) is 0 Å². The van der Waals surface area contributed by atoms with Gasteiger partial charge in [-0.3, -0.25) is 19.3 Å². The topological polar surface area (TPSA) is 72.9 Å². The number of amides is 2. The van der Waals surface area contributed by atoms with Crippen LogP contribution < -0.4 is 4.74 Å². The maximum atomic E-state index is 12.2. The highest BCUT2D eigenvalue weighted by molar-refractivity contribution is 6.21. The van der Waals surface area contributed by atoms with E-state index in [9.17, 15) is 14.4 Å². The molecule has 0 unspecified atom stereocenters. The van der Waals surface area contributed by atoms with Crippen molar-refractivity contribution >= 4 is 17.8 Å². The zero-order valence-corrected chi connectivity index (χ0v) is 14.2. The first-order valence-electron chi connectivity index (χ1n) is 8.45. The molecule has 6 nitrogen and oxygen atoms in total. The van der Waals surface area contributed by atoms with Crippen molar-refractivity contribution in [3.8, 4) is 5.75 Å². The van der Waals surface area contributed by atoms with Crippen molar-refractivity contribution in [1.82, 2.24) is 4.90 Å². The van der Waals surface area contributed by atoms with Gasteiger partial charge < -0.3 is 9.47 Å². The van der Waals surface area contributed by atoms with E-state index in [0.717, 1.165) is 10.6 Å². The van der Waals surface area contributed by atoms with Gasteiger partial charge >= 0.3 is 5.97 Å². The summed E-state index contributed by atoms with van der Waals surface area (Å²) in [6.07, 6.45) is 0.540. The summed E-state index contributed by atoms with van der Waals surface area (Å²) in [5.74, 6) is -0.407. The van der Waals surface area contributed by atoms with Gasteiger partial charge in [0.15, 0.2) is 0 Å². The van der Waals surface area contributed by atoms with Crippen molar-refractivity contribution in [2.45, 2.75) is 12.8 Å². The molecule has 0 saturated carbocycles. The van der Waals surface area contributed by atoms with E-state index < -0.39 is 5.97 Å². The van der Waals surface area contributed by atoms with Crippen LogP contribution >= 0.6 is 0 Å². The Hall–Kier alpha value is -3.15. The average Bonchev–Trinajstić information content (AvgIpc) is 2.91. The van der Waals surface area contributed by atoms with E-state index in [1.54, 1.807) is 24.3 Å². The molecule has 6 heteroatoms. The zero-order chi connectivity index (χ0) is 18.4. The molecule has 0 aliphatic carbocycles. The lowest BCUT2D eigenvalue weighted by molar-refractivity contribution is -0.143. The second-order valence-corrected chi connectivity index (χ2v) is 5.79. The predicted molar refractivity (Wildman–Crippen MR) is 93.9 cm³/mol. The monoisotopic (exact) mass is 353 g/mol. The van der Waals surface area contributed by atoms with E-state index >= 15 is 0 Å². The molecular formula is C20H19NO5. The Morgan fingerprint density at radius 1 is 0.846 bits per heavy atom. The molecule has 0 N–H and O–H groups in total. The van der Waals surface area contributed by atoms with Crippen LogP contribution in [0.25, 0.3) is 0 Å². The molecule has 1 aliphatic heterocycles. The van der Waals surface area contributed by atoms with Crippen molar-refractivity contribution in [2.24, 2.45) is 0 Å². The highest BCUT2D eigenvalue weighted by Gasteiger charge is 2.35. The molecule has 1 heterocycles. The second kappa shape index (κ2) is 8.29. The van der Waals surface area contributed by atoms with Crippen LogP contribution in [0.1, 0.15) is 33.6 Å². The Bertz CT molecular complexity index is 768. The van der Waals surface area contributed by atoms with E-state index in [1.165, 1.54) is 0 Å². The SMILES string of the molecule is O=C(CCN1C(=O)c2ccccc2C1=O)OCCCOc1ccccc1. The van der Waals surface area contributed by atoms with Crippen LogP contribution in [0.5, 0.6) is 5.75 Å². The standard InChI is InChI=1S/C20H19NO5/c22-18(26-14-6-13-25-15-7-2-1-3-8-15)11-12-21-19(23)16-9-4-5-10-17(16)20(21)24/h1-5,7-10H,6,11-14H2. The van der Waals surface area contributed by atoms with Crippen LogP contribution in [0.15, 0.2) is 54.6 Å². The fourth-order valence-corrected chi connectivity index (χ4v) is 2.67. The third-order valence-electron chi connectivity index (χ3n) is 3.98.